The van der Waals surface area contributed by atoms with Crippen molar-refractivity contribution in [1.29, 1.82) is 0 Å². The molecule has 0 atom stereocenters. The summed E-state index contributed by atoms with van der Waals surface area (Å²) >= 11 is 0. The summed E-state index contributed by atoms with van der Waals surface area (Å²) in [4.78, 5) is 12.7. The first kappa shape index (κ1) is 9.27. The summed E-state index contributed by atoms with van der Waals surface area (Å²) in [7, 11) is 2.05. The molecule has 1 N–H and O–H groups in total. The van der Waals surface area contributed by atoms with Crippen LogP contribution < -0.4 is 0 Å². The molecule has 0 amide bonds. The third-order valence-corrected chi connectivity index (χ3v) is 2.43. The fourth-order valence-corrected chi connectivity index (χ4v) is 1.77. The number of fused-ring (bicyclic) bond motifs is 1. The van der Waals surface area contributed by atoms with Gasteiger partial charge in [0.15, 0.2) is 0 Å². The molecule has 0 saturated carbocycles. The van der Waals surface area contributed by atoms with Crippen LogP contribution in [0.1, 0.15) is 17.1 Å². The maximum absolute atomic E-state index is 10.5. The van der Waals surface area contributed by atoms with Crippen LogP contribution in [0.4, 0.5) is 0 Å². The lowest BCUT2D eigenvalue weighted by atomic mass is 10.1. The first-order valence-electron chi connectivity index (χ1n) is 4.66. The van der Waals surface area contributed by atoms with Gasteiger partial charge in [-0.1, -0.05) is 0 Å². The van der Waals surface area contributed by atoms with E-state index in [-0.39, 0.29) is 6.42 Å². The van der Waals surface area contributed by atoms with E-state index < -0.39 is 5.97 Å². The largest absolute Gasteiger partial charge is 0.481 e. The van der Waals surface area contributed by atoms with Crippen LogP contribution in [0.5, 0.6) is 0 Å². The van der Waals surface area contributed by atoms with Gasteiger partial charge in [-0.05, 0) is 13.1 Å². The monoisotopic (exact) mass is 195 g/mol. The van der Waals surface area contributed by atoms with Crippen LogP contribution >= 0.6 is 0 Å². The fraction of sp³-hybridized carbons (Fsp3) is 0.500. The minimum Gasteiger partial charge on any atom is -0.481 e. The highest BCUT2D eigenvalue weighted by Gasteiger charge is 2.18. The summed E-state index contributed by atoms with van der Waals surface area (Å²) in [5.74, 6) is 0.682. The molecule has 1 aliphatic rings. The van der Waals surface area contributed by atoms with Crippen molar-refractivity contribution in [3.05, 3.63) is 23.2 Å². The number of rotatable bonds is 2. The lowest BCUT2D eigenvalue weighted by molar-refractivity contribution is -0.136. The van der Waals surface area contributed by atoms with Gasteiger partial charge in [-0.25, -0.2) is 0 Å². The van der Waals surface area contributed by atoms with Crippen LogP contribution in [0.25, 0.3) is 0 Å². The summed E-state index contributed by atoms with van der Waals surface area (Å²) in [6, 6.07) is 1.86. The van der Waals surface area contributed by atoms with Gasteiger partial charge >= 0.3 is 5.97 Å². The van der Waals surface area contributed by atoms with Crippen molar-refractivity contribution in [2.24, 2.45) is 0 Å². The third kappa shape index (κ3) is 1.80. The Morgan fingerprint density at radius 3 is 3.21 bits per heavy atom. The predicted molar refractivity (Wildman–Crippen MR) is 50.1 cm³/mol. The van der Waals surface area contributed by atoms with Crippen molar-refractivity contribution in [2.45, 2.75) is 19.4 Å². The van der Waals surface area contributed by atoms with Crippen LogP contribution in [-0.2, 0) is 24.2 Å². The van der Waals surface area contributed by atoms with Crippen molar-refractivity contribution >= 4 is 5.97 Å². The lowest BCUT2D eigenvalue weighted by Gasteiger charge is -2.20. The number of likely N-dealkylation sites (N-methyl/N-ethyl adjacent to an activating group) is 1. The SMILES string of the molecule is CN1CCc2oc(CC(=O)O)cc2C1. The summed E-state index contributed by atoms with van der Waals surface area (Å²) in [6.07, 6.45) is 0.863. The van der Waals surface area contributed by atoms with Gasteiger partial charge in [-0.2, -0.15) is 0 Å². The maximum atomic E-state index is 10.5. The maximum Gasteiger partial charge on any atom is 0.311 e. The number of nitrogens with zero attached hydrogens (tertiary/aromatic N) is 1. The van der Waals surface area contributed by atoms with E-state index in [1.54, 1.807) is 0 Å². The Kier molecular flexibility index (Phi) is 2.29. The van der Waals surface area contributed by atoms with Gasteiger partial charge in [-0.3, -0.25) is 4.79 Å². The first-order chi connectivity index (χ1) is 6.65. The molecule has 14 heavy (non-hydrogen) atoms. The Hall–Kier alpha value is -1.29. The van der Waals surface area contributed by atoms with E-state index in [1.165, 1.54) is 0 Å². The van der Waals surface area contributed by atoms with E-state index in [0.29, 0.717) is 5.76 Å². The molecular formula is C10H13NO3. The second-order valence-electron chi connectivity index (χ2n) is 3.72. The van der Waals surface area contributed by atoms with Gasteiger partial charge in [-0.15, -0.1) is 0 Å². The molecule has 4 heteroatoms. The molecule has 0 bridgehead atoms. The normalized spacial score (nSPS) is 16.6. The van der Waals surface area contributed by atoms with Crippen LogP contribution in [0.3, 0.4) is 0 Å². The molecule has 76 valence electrons. The molecule has 0 unspecified atom stereocenters. The molecule has 0 saturated heterocycles. The molecule has 1 aromatic heterocycles. The highest BCUT2D eigenvalue weighted by atomic mass is 16.4. The number of furan rings is 1. The minimum absolute atomic E-state index is 0.0171. The number of carboxylic acid groups (broad SMARTS) is 1. The van der Waals surface area contributed by atoms with Crippen LogP contribution in [-0.4, -0.2) is 29.6 Å². The zero-order valence-electron chi connectivity index (χ0n) is 8.12. The summed E-state index contributed by atoms with van der Waals surface area (Å²) in [5, 5.41) is 8.61. The Morgan fingerprint density at radius 1 is 1.71 bits per heavy atom. The zero-order chi connectivity index (χ0) is 10.1. The number of carboxylic acids is 1. The molecule has 2 rings (SSSR count). The smallest absolute Gasteiger partial charge is 0.311 e. The minimum atomic E-state index is -0.843. The van der Waals surface area contributed by atoms with Gasteiger partial charge in [0.25, 0.3) is 0 Å². The average Bonchev–Trinajstić information content (AvgIpc) is 2.44. The molecule has 0 spiro atoms. The summed E-state index contributed by atoms with van der Waals surface area (Å²) < 4.78 is 5.46. The van der Waals surface area contributed by atoms with Gasteiger partial charge in [0.05, 0.1) is 0 Å². The molecule has 1 aliphatic heterocycles. The predicted octanol–water partition coefficient (Wildman–Crippen LogP) is 0.895. The Balaban J connectivity index is 2.19. The number of hydrogen-bond acceptors (Lipinski definition) is 3. The quantitative estimate of drug-likeness (QED) is 0.761. The lowest BCUT2D eigenvalue weighted by Crippen LogP contribution is -2.25. The van der Waals surface area contributed by atoms with Crippen molar-refractivity contribution in [3.8, 4) is 0 Å². The van der Waals surface area contributed by atoms with Crippen molar-refractivity contribution < 1.29 is 14.3 Å². The van der Waals surface area contributed by atoms with Crippen LogP contribution in [0, 0.1) is 0 Å². The van der Waals surface area contributed by atoms with Crippen molar-refractivity contribution in [2.75, 3.05) is 13.6 Å². The average molecular weight is 195 g/mol. The molecule has 2 heterocycles. The van der Waals surface area contributed by atoms with Gasteiger partial charge in [0.1, 0.15) is 17.9 Å². The van der Waals surface area contributed by atoms with Crippen molar-refractivity contribution in [1.82, 2.24) is 4.90 Å². The van der Waals surface area contributed by atoms with E-state index in [9.17, 15) is 4.79 Å². The van der Waals surface area contributed by atoms with Gasteiger partial charge in [0, 0.05) is 25.1 Å². The second-order valence-corrected chi connectivity index (χ2v) is 3.72. The van der Waals surface area contributed by atoms with E-state index in [2.05, 4.69) is 4.90 Å². The molecule has 4 nitrogen and oxygen atoms in total. The van der Waals surface area contributed by atoms with Crippen LogP contribution in [0.15, 0.2) is 10.5 Å². The Morgan fingerprint density at radius 2 is 2.50 bits per heavy atom. The molecule has 1 aromatic rings. The van der Waals surface area contributed by atoms with Gasteiger partial charge in [0.2, 0.25) is 0 Å². The fourth-order valence-electron chi connectivity index (χ4n) is 1.77. The number of hydrogen-bond donors (Lipinski definition) is 1. The number of carbonyl (C=O) groups is 1. The van der Waals surface area contributed by atoms with Gasteiger partial charge < -0.3 is 14.4 Å². The number of aliphatic carboxylic acids is 1. The van der Waals surface area contributed by atoms with E-state index in [0.717, 1.165) is 30.8 Å². The molecule has 0 aliphatic carbocycles. The van der Waals surface area contributed by atoms with E-state index >= 15 is 0 Å². The summed E-state index contributed by atoms with van der Waals surface area (Å²) in [6.45, 7) is 1.84. The molecule has 0 fully saturated rings. The highest BCUT2D eigenvalue weighted by molar-refractivity contribution is 5.69. The third-order valence-electron chi connectivity index (χ3n) is 2.43. The van der Waals surface area contributed by atoms with E-state index in [1.807, 2.05) is 13.1 Å². The second kappa shape index (κ2) is 3.46. The highest BCUT2D eigenvalue weighted by Crippen LogP contribution is 2.22. The molecule has 0 aromatic carbocycles. The Bertz CT molecular complexity index is 356. The first-order valence-corrected chi connectivity index (χ1v) is 4.66. The topological polar surface area (TPSA) is 53.7 Å². The van der Waals surface area contributed by atoms with E-state index in [4.69, 9.17) is 9.52 Å². The van der Waals surface area contributed by atoms with Crippen molar-refractivity contribution in [3.63, 3.8) is 0 Å². The Labute approximate surface area is 82.1 Å². The molecule has 0 radical (unpaired) electrons. The summed E-state index contributed by atoms with van der Waals surface area (Å²) in [5.41, 5.74) is 1.13. The zero-order valence-corrected chi connectivity index (χ0v) is 8.12. The van der Waals surface area contributed by atoms with Crippen LogP contribution in [0.2, 0.25) is 0 Å². The standard InChI is InChI=1S/C10H13NO3/c1-11-3-2-9-7(6-11)4-8(14-9)5-10(12)13/h4H,2-3,5-6H2,1H3,(H,12,13). The molecular weight excluding hydrogens is 182 g/mol.